The number of alkyl halides is 3. The summed E-state index contributed by atoms with van der Waals surface area (Å²) in [5.74, 6) is -1.47. The predicted octanol–water partition coefficient (Wildman–Crippen LogP) is 6.25. The van der Waals surface area contributed by atoms with E-state index < -0.39 is 32.8 Å². The van der Waals surface area contributed by atoms with Gasteiger partial charge in [0.1, 0.15) is 5.76 Å². The maximum Gasteiger partial charge on any atom is 0.534 e. The molecule has 0 spiro atoms. The summed E-state index contributed by atoms with van der Waals surface area (Å²) in [4.78, 5) is 11.3. The number of halogens is 3. The third-order valence-electron chi connectivity index (χ3n) is 5.26. The summed E-state index contributed by atoms with van der Waals surface area (Å²) in [6, 6.07) is 9.14. The SMILES string of the molecule is CCc1cc(N=Nc2ccc3c(c2)C(OS(=O)(=O)C(F)(F)F)=CCC3(C)C)ccc1C(=O)O. The van der Waals surface area contributed by atoms with Crippen molar-refractivity contribution in [3.8, 4) is 0 Å². The van der Waals surface area contributed by atoms with E-state index in [1.165, 1.54) is 24.3 Å². The van der Waals surface area contributed by atoms with Gasteiger partial charge in [0, 0.05) is 5.56 Å². The van der Waals surface area contributed by atoms with Crippen LogP contribution in [0.3, 0.4) is 0 Å². The summed E-state index contributed by atoms with van der Waals surface area (Å²) in [7, 11) is -5.83. The number of carbonyl (C=O) groups is 1. The molecule has 1 N–H and O–H groups in total. The number of fused-ring (bicyclic) bond motifs is 1. The van der Waals surface area contributed by atoms with Crippen LogP contribution in [0.5, 0.6) is 0 Å². The molecule has 0 fully saturated rings. The fourth-order valence-electron chi connectivity index (χ4n) is 3.46. The van der Waals surface area contributed by atoms with E-state index in [2.05, 4.69) is 14.4 Å². The molecule has 0 aromatic heterocycles. The molecule has 0 unspecified atom stereocenters. The molecule has 0 aliphatic heterocycles. The van der Waals surface area contributed by atoms with E-state index in [0.29, 0.717) is 23.2 Å². The number of allylic oxidation sites excluding steroid dienone is 1. The molecule has 1 aliphatic rings. The van der Waals surface area contributed by atoms with Crippen LogP contribution in [-0.4, -0.2) is 25.0 Å². The molecule has 176 valence electrons. The van der Waals surface area contributed by atoms with Crippen LogP contribution in [0.25, 0.3) is 5.76 Å². The van der Waals surface area contributed by atoms with Crippen molar-refractivity contribution in [1.29, 1.82) is 0 Å². The van der Waals surface area contributed by atoms with Crippen LogP contribution in [-0.2, 0) is 26.1 Å². The summed E-state index contributed by atoms with van der Waals surface area (Å²) in [6.45, 7) is 5.54. The average Bonchev–Trinajstić information content (AvgIpc) is 2.73. The smallest absolute Gasteiger partial charge is 0.478 e. The molecule has 2 aromatic carbocycles. The first kappa shape index (κ1) is 24.4. The quantitative estimate of drug-likeness (QED) is 0.298. The first-order chi connectivity index (χ1) is 15.2. The highest BCUT2D eigenvalue weighted by atomic mass is 32.2. The Morgan fingerprint density at radius 1 is 1.12 bits per heavy atom. The zero-order valence-electron chi connectivity index (χ0n) is 18.0. The van der Waals surface area contributed by atoms with Crippen LogP contribution >= 0.6 is 0 Å². The zero-order valence-corrected chi connectivity index (χ0v) is 18.8. The van der Waals surface area contributed by atoms with Gasteiger partial charge in [0.05, 0.1) is 16.9 Å². The van der Waals surface area contributed by atoms with Gasteiger partial charge in [-0.3, -0.25) is 0 Å². The maximum absolute atomic E-state index is 12.8. The molecule has 2 aromatic rings. The van der Waals surface area contributed by atoms with Gasteiger partial charge in [0.2, 0.25) is 0 Å². The van der Waals surface area contributed by atoms with Gasteiger partial charge in [0.15, 0.2) is 0 Å². The van der Waals surface area contributed by atoms with Gasteiger partial charge in [0.25, 0.3) is 0 Å². The molecule has 11 heteroatoms. The fraction of sp³-hybridized carbons (Fsp3) is 0.318. The second-order valence-electron chi connectivity index (χ2n) is 8.07. The Balaban J connectivity index is 1.98. The molecule has 3 rings (SSSR count). The number of carboxylic acid groups (broad SMARTS) is 1. The highest BCUT2D eigenvalue weighted by Crippen LogP contribution is 2.42. The highest BCUT2D eigenvalue weighted by Gasteiger charge is 2.49. The third kappa shape index (κ3) is 5.08. The monoisotopic (exact) mass is 482 g/mol. The number of nitrogens with zero attached hydrogens (tertiary/aromatic N) is 2. The summed E-state index contributed by atoms with van der Waals surface area (Å²) < 4.78 is 66.0. The lowest BCUT2D eigenvalue weighted by atomic mass is 9.75. The molecule has 7 nitrogen and oxygen atoms in total. The lowest BCUT2D eigenvalue weighted by Gasteiger charge is -2.31. The number of rotatable bonds is 6. The first-order valence-electron chi connectivity index (χ1n) is 9.89. The topological polar surface area (TPSA) is 105 Å². The summed E-state index contributed by atoms with van der Waals surface area (Å²) in [5.41, 5.74) is -3.87. The van der Waals surface area contributed by atoms with Gasteiger partial charge in [-0.1, -0.05) is 26.8 Å². The number of hydrogen-bond acceptors (Lipinski definition) is 6. The largest absolute Gasteiger partial charge is 0.534 e. The van der Waals surface area contributed by atoms with Crippen LogP contribution in [0.2, 0.25) is 0 Å². The van der Waals surface area contributed by atoms with E-state index in [4.69, 9.17) is 0 Å². The lowest BCUT2D eigenvalue weighted by molar-refractivity contribution is -0.0509. The van der Waals surface area contributed by atoms with Crippen molar-refractivity contribution >= 4 is 33.2 Å². The molecule has 0 saturated heterocycles. The molecule has 0 radical (unpaired) electrons. The number of aromatic carboxylic acids is 1. The Bertz CT molecular complexity index is 1270. The van der Waals surface area contributed by atoms with Crippen LogP contribution < -0.4 is 0 Å². The summed E-state index contributed by atoms with van der Waals surface area (Å²) in [5, 5.41) is 17.4. The minimum Gasteiger partial charge on any atom is -0.478 e. The molecule has 1 aliphatic carbocycles. The lowest BCUT2D eigenvalue weighted by Crippen LogP contribution is -2.27. The van der Waals surface area contributed by atoms with Gasteiger partial charge in [-0.15, -0.1) is 0 Å². The Morgan fingerprint density at radius 2 is 1.73 bits per heavy atom. The van der Waals surface area contributed by atoms with E-state index in [-0.39, 0.29) is 23.2 Å². The molecular formula is C22H21F3N2O5S. The predicted molar refractivity (Wildman–Crippen MR) is 115 cm³/mol. The fourth-order valence-corrected chi connectivity index (χ4v) is 3.95. The van der Waals surface area contributed by atoms with Crippen molar-refractivity contribution in [2.24, 2.45) is 10.2 Å². The van der Waals surface area contributed by atoms with Gasteiger partial charge < -0.3 is 9.29 Å². The Hall–Kier alpha value is -3.21. The molecule has 0 atom stereocenters. The van der Waals surface area contributed by atoms with Gasteiger partial charge in [-0.2, -0.15) is 31.8 Å². The van der Waals surface area contributed by atoms with Crippen molar-refractivity contribution < 1.29 is 35.7 Å². The summed E-state index contributed by atoms with van der Waals surface area (Å²) >= 11 is 0. The zero-order chi connectivity index (χ0) is 24.6. The van der Waals surface area contributed by atoms with Crippen molar-refractivity contribution in [2.75, 3.05) is 0 Å². The number of carboxylic acids is 1. The normalized spacial score (nSPS) is 15.8. The Morgan fingerprint density at radius 3 is 2.30 bits per heavy atom. The Labute approximate surface area is 188 Å². The third-order valence-corrected chi connectivity index (χ3v) is 6.23. The van der Waals surface area contributed by atoms with E-state index in [1.807, 2.05) is 13.8 Å². The van der Waals surface area contributed by atoms with Crippen LogP contribution in [0.1, 0.15) is 54.2 Å². The molecule has 0 amide bonds. The van der Waals surface area contributed by atoms with Crippen LogP contribution in [0, 0.1) is 0 Å². The van der Waals surface area contributed by atoms with Crippen LogP contribution in [0.15, 0.2) is 52.7 Å². The molecule has 0 heterocycles. The molecule has 0 bridgehead atoms. The van der Waals surface area contributed by atoms with E-state index in [9.17, 15) is 31.5 Å². The molecule has 33 heavy (non-hydrogen) atoms. The minimum absolute atomic E-state index is 0.158. The summed E-state index contributed by atoms with van der Waals surface area (Å²) in [6.07, 6.45) is 2.06. The van der Waals surface area contributed by atoms with Crippen molar-refractivity contribution in [3.63, 3.8) is 0 Å². The average molecular weight is 482 g/mol. The van der Waals surface area contributed by atoms with E-state index in [1.54, 1.807) is 25.1 Å². The van der Waals surface area contributed by atoms with E-state index >= 15 is 0 Å². The van der Waals surface area contributed by atoms with Gasteiger partial charge >= 0.3 is 21.6 Å². The van der Waals surface area contributed by atoms with Crippen molar-refractivity contribution in [1.82, 2.24) is 0 Å². The van der Waals surface area contributed by atoms with Gasteiger partial charge in [-0.05, 0) is 65.8 Å². The van der Waals surface area contributed by atoms with Gasteiger partial charge in [-0.25, -0.2) is 4.79 Å². The molecular weight excluding hydrogens is 461 g/mol. The van der Waals surface area contributed by atoms with Crippen molar-refractivity contribution in [3.05, 3.63) is 64.7 Å². The standard InChI is InChI=1S/C22H21F3N2O5S/c1-4-13-11-14(5-7-16(13)20(28)29)26-27-15-6-8-18-17(12-15)19(9-10-21(18,2)3)32-33(30,31)22(23,24)25/h5-9,11-12H,4,10H2,1-3H3,(H,28,29). The number of benzene rings is 2. The Kier molecular flexibility index (Phi) is 6.38. The van der Waals surface area contributed by atoms with Crippen LogP contribution in [0.4, 0.5) is 24.5 Å². The number of azo groups is 1. The second kappa shape index (κ2) is 8.62. The van der Waals surface area contributed by atoms with Crippen molar-refractivity contribution in [2.45, 2.75) is 44.5 Å². The number of aryl methyl sites for hydroxylation is 1. The second-order valence-corrected chi connectivity index (χ2v) is 9.61. The molecule has 0 saturated carbocycles. The minimum atomic E-state index is -5.83. The maximum atomic E-state index is 12.8. The first-order valence-corrected chi connectivity index (χ1v) is 11.3. The highest BCUT2D eigenvalue weighted by molar-refractivity contribution is 7.87. The number of hydrogen-bond donors (Lipinski definition) is 1. The van der Waals surface area contributed by atoms with E-state index in [0.717, 1.165) is 0 Å².